The topological polar surface area (TPSA) is 58.4 Å². The van der Waals surface area contributed by atoms with Crippen molar-refractivity contribution in [2.45, 2.75) is 18.6 Å². The van der Waals surface area contributed by atoms with Crippen LogP contribution in [0.25, 0.3) is 17.0 Å². The first-order valence-corrected chi connectivity index (χ1v) is 12.3. The molecule has 0 unspecified atom stereocenters. The normalized spacial score (nSPS) is 19.3. The molecule has 3 aromatic rings. The minimum Gasteiger partial charge on any atom is -0.290 e. The summed E-state index contributed by atoms with van der Waals surface area (Å²) in [5, 5.41) is 4.36. The van der Waals surface area contributed by atoms with E-state index in [1.165, 1.54) is 27.9 Å². The molecular formula is C24H18ClF5N4O2S. The van der Waals surface area contributed by atoms with E-state index >= 15 is 0 Å². The number of aromatic nitrogens is 2. The predicted molar refractivity (Wildman–Crippen MR) is 129 cm³/mol. The molecule has 0 bridgehead atoms. The van der Waals surface area contributed by atoms with Crippen molar-refractivity contribution in [3.63, 3.8) is 0 Å². The number of likely N-dealkylation sites (tertiary alicyclic amines) is 1. The first-order valence-electron chi connectivity index (χ1n) is 11.1. The number of alkyl halides is 5. The van der Waals surface area contributed by atoms with Gasteiger partial charge in [0.25, 0.3) is 17.1 Å². The Kier molecular flexibility index (Phi) is 6.53. The standard InChI is InChI=1S/C24H18ClF5N4O2S/c25-17-3-2-15(18(9-17)24(28,29)30)11-34-19-4-1-14(7-16(19)10-31-34)8-20-21(35)33(22(36)37-20)6-5-32-12-23(26,27)13-32/h1-4,7-10H,5-6,11-13H2/b20-8-. The Labute approximate surface area is 216 Å². The van der Waals surface area contributed by atoms with Crippen LogP contribution in [-0.4, -0.2) is 62.8 Å². The van der Waals surface area contributed by atoms with E-state index in [-0.39, 0.29) is 48.2 Å². The van der Waals surface area contributed by atoms with Gasteiger partial charge in [-0.25, -0.2) is 8.78 Å². The van der Waals surface area contributed by atoms with Gasteiger partial charge in [0.2, 0.25) is 0 Å². The lowest BCUT2D eigenvalue weighted by molar-refractivity contribution is -0.138. The molecular weight excluding hydrogens is 539 g/mol. The third-order valence-electron chi connectivity index (χ3n) is 6.08. The number of rotatable bonds is 6. The van der Waals surface area contributed by atoms with Crippen molar-refractivity contribution in [2.75, 3.05) is 26.2 Å². The van der Waals surface area contributed by atoms with E-state index in [9.17, 15) is 31.5 Å². The molecule has 2 aromatic carbocycles. The Hall–Kier alpha value is -2.96. The van der Waals surface area contributed by atoms with Crippen molar-refractivity contribution < 1.29 is 31.5 Å². The van der Waals surface area contributed by atoms with Gasteiger partial charge in [0.15, 0.2) is 0 Å². The summed E-state index contributed by atoms with van der Waals surface area (Å²) in [6, 6.07) is 8.64. The fourth-order valence-corrected chi connectivity index (χ4v) is 5.32. The first kappa shape index (κ1) is 25.7. The van der Waals surface area contributed by atoms with Crippen LogP contribution in [0.5, 0.6) is 0 Å². The summed E-state index contributed by atoms with van der Waals surface area (Å²) in [6.07, 6.45) is -1.52. The van der Waals surface area contributed by atoms with Gasteiger partial charge < -0.3 is 0 Å². The van der Waals surface area contributed by atoms with Crippen molar-refractivity contribution in [3.8, 4) is 0 Å². The highest BCUT2D eigenvalue weighted by atomic mass is 35.5. The Morgan fingerprint density at radius 1 is 1.08 bits per heavy atom. The van der Waals surface area contributed by atoms with E-state index in [1.54, 1.807) is 24.3 Å². The van der Waals surface area contributed by atoms with Gasteiger partial charge in [0, 0.05) is 23.5 Å². The molecule has 3 heterocycles. The molecule has 6 nitrogen and oxygen atoms in total. The van der Waals surface area contributed by atoms with Gasteiger partial charge in [-0.05, 0) is 53.2 Å². The molecule has 1 aromatic heterocycles. The highest BCUT2D eigenvalue weighted by Crippen LogP contribution is 2.35. The Morgan fingerprint density at radius 3 is 2.54 bits per heavy atom. The monoisotopic (exact) mass is 556 g/mol. The molecule has 0 atom stereocenters. The van der Waals surface area contributed by atoms with E-state index in [1.807, 2.05) is 0 Å². The summed E-state index contributed by atoms with van der Waals surface area (Å²) >= 11 is 6.52. The first-order chi connectivity index (χ1) is 17.4. The number of carbonyl (C=O) groups is 2. The molecule has 0 aliphatic carbocycles. The maximum absolute atomic E-state index is 13.5. The number of thioether (sulfide) groups is 1. The third-order valence-corrected chi connectivity index (χ3v) is 7.23. The summed E-state index contributed by atoms with van der Waals surface area (Å²) < 4.78 is 67.8. The van der Waals surface area contributed by atoms with Crippen molar-refractivity contribution in [2.24, 2.45) is 0 Å². The molecule has 0 N–H and O–H groups in total. The summed E-state index contributed by atoms with van der Waals surface area (Å²) in [5.41, 5.74) is 0.363. The second-order valence-corrected chi connectivity index (χ2v) is 10.2. The zero-order chi connectivity index (χ0) is 26.5. The maximum Gasteiger partial charge on any atom is 0.416 e. The number of amides is 2. The Balaban J connectivity index is 1.32. The summed E-state index contributed by atoms with van der Waals surface area (Å²) in [7, 11) is 0. The molecule has 13 heteroatoms. The number of hydrogen-bond acceptors (Lipinski definition) is 5. The van der Waals surface area contributed by atoms with E-state index in [0.29, 0.717) is 16.5 Å². The number of imide groups is 1. The molecule has 0 saturated carbocycles. The van der Waals surface area contributed by atoms with Crippen LogP contribution in [0, 0.1) is 0 Å². The Morgan fingerprint density at radius 2 is 1.84 bits per heavy atom. The molecule has 37 heavy (non-hydrogen) atoms. The van der Waals surface area contributed by atoms with Crippen LogP contribution in [0.4, 0.5) is 26.7 Å². The molecule has 2 saturated heterocycles. The van der Waals surface area contributed by atoms with Crippen LogP contribution in [0.2, 0.25) is 5.02 Å². The highest BCUT2D eigenvalue weighted by molar-refractivity contribution is 8.18. The average Bonchev–Trinajstić information content (AvgIpc) is 3.31. The quantitative estimate of drug-likeness (QED) is 0.286. The lowest BCUT2D eigenvalue weighted by Gasteiger charge is -2.39. The van der Waals surface area contributed by atoms with Gasteiger partial charge in [-0.1, -0.05) is 23.7 Å². The zero-order valence-corrected chi connectivity index (χ0v) is 20.5. The minimum absolute atomic E-state index is 0.0154. The van der Waals surface area contributed by atoms with Crippen molar-refractivity contribution >= 4 is 51.5 Å². The van der Waals surface area contributed by atoms with Gasteiger partial charge in [-0.15, -0.1) is 0 Å². The van der Waals surface area contributed by atoms with Crippen LogP contribution >= 0.6 is 23.4 Å². The van der Waals surface area contributed by atoms with Crippen molar-refractivity contribution in [1.82, 2.24) is 19.6 Å². The molecule has 2 aliphatic rings. The van der Waals surface area contributed by atoms with Crippen molar-refractivity contribution in [3.05, 3.63) is 69.2 Å². The number of halogens is 6. The molecule has 194 valence electrons. The van der Waals surface area contributed by atoms with Gasteiger partial charge in [-0.2, -0.15) is 18.3 Å². The van der Waals surface area contributed by atoms with E-state index in [0.717, 1.165) is 22.7 Å². The molecule has 2 amide bonds. The highest BCUT2D eigenvalue weighted by Gasteiger charge is 2.44. The van der Waals surface area contributed by atoms with E-state index in [2.05, 4.69) is 5.10 Å². The van der Waals surface area contributed by atoms with Gasteiger partial charge in [0.05, 0.1) is 41.8 Å². The van der Waals surface area contributed by atoms with Crippen LogP contribution < -0.4 is 0 Å². The van der Waals surface area contributed by atoms with Crippen LogP contribution in [-0.2, 0) is 17.5 Å². The molecule has 2 fully saturated rings. The van der Waals surface area contributed by atoms with Crippen LogP contribution in [0.1, 0.15) is 16.7 Å². The number of benzene rings is 2. The fraction of sp³-hybridized carbons (Fsp3) is 0.292. The predicted octanol–water partition coefficient (Wildman–Crippen LogP) is 5.74. The number of carbonyl (C=O) groups excluding carboxylic acids is 2. The summed E-state index contributed by atoms with van der Waals surface area (Å²) in [6.45, 7) is -0.703. The summed E-state index contributed by atoms with van der Waals surface area (Å²) in [4.78, 5) is 27.7. The third kappa shape index (κ3) is 5.36. The minimum atomic E-state index is -4.57. The second kappa shape index (κ2) is 9.41. The Bertz CT molecular complexity index is 1430. The van der Waals surface area contributed by atoms with Crippen LogP contribution in [0.3, 0.4) is 0 Å². The SMILES string of the molecule is O=C1S/C(=C\c2ccc3c(cnn3Cc3ccc(Cl)cc3C(F)(F)F)c2)C(=O)N1CCN1CC(F)(F)C1. The molecule has 0 radical (unpaired) electrons. The molecule has 0 spiro atoms. The van der Waals surface area contributed by atoms with Crippen LogP contribution in [0.15, 0.2) is 47.5 Å². The molecule has 5 rings (SSSR count). The number of nitrogens with zero attached hydrogens (tertiary/aromatic N) is 4. The maximum atomic E-state index is 13.5. The van der Waals surface area contributed by atoms with Gasteiger partial charge in [0.1, 0.15) is 0 Å². The number of fused-ring (bicyclic) bond motifs is 1. The lowest BCUT2D eigenvalue weighted by atomic mass is 10.1. The van der Waals surface area contributed by atoms with Gasteiger partial charge >= 0.3 is 6.18 Å². The largest absolute Gasteiger partial charge is 0.416 e. The fourth-order valence-electron chi connectivity index (χ4n) is 4.28. The average molecular weight is 557 g/mol. The van der Waals surface area contributed by atoms with E-state index < -0.39 is 28.8 Å². The lowest BCUT2D eigenvalue weighted by Crippen LogP contribution is -2.57. The summed E-state index contributed by atoms with van der Waals surface area (Å²) in [5.74, 6) is -3.22. The number of hydrogen-bond donors (Lipinski definition) is 0. The van der Waals surface area contributed by atoms with E-state index in [4.69, 9.17) is 11.6 Å². The van der Waals surface area contributed by atoms with Crippen molar-refractivity contribution in [1.29, 1.82) is 0 Å². The smallest absolute Gasteiger partial charge is 0.290 e. The second-order valence-electron chi connectivity index (χ2n) is 8.82. The van der Waals surface area contributed by atoms with Gasteiger partial charge in [-0.3, -0.25) is 24.1 Å². The zero-order valence-electron chi connectivity index (χ0n) is 18.9. The molecule has 2 aliphatic heterocycles.